The zero-order chi connectivity index (χ0) is 18.8. The van der Waals surface area contributed by atoms with Crippen molar-refractivity contribution in [1.82, 2.24) is 10.3 Å². The summed E-state index contributed by atoms with van der Waals surface area (Å²) in [6.45, 7) is 0. The maximum atomic E-state index is 11.9. The van der Waals surface area contributed by atoms with Gasteiger partial charge in [-0.25, -0.2) is 4.98 Å². The molecule has 4 rings (SSSR count). The van der Waals surface area contributed by atoms with Crippen LogP contribution in [0, 0.1) is 0 Å². The van der Waals surface area contributed by atoms with Crippen molar-refractivity contribution in [3.05, 3.63) is 71.6 Å². The molecule has 1 amide bonds. The second-order valence-corrected chi connectivity index (χ2v) is 6.38. The Hall–Kier alpha value is -3.16. The van der Waals surface area contributed by atoms with Gasteiger partial charge in [0, 0.05) is 5.69 Å². The van der Waals surface area contributed by atoms with Crippen LogP contribution in [0.1, 0.15) is 10.6 Å². The average molecular weight is 398 g/mol. The van der Waals surface area contributed by atoms with Crippen molar-refractivity contribution in [3.8, 4) is 11.5 Å². The van der Waals surface area contributed by atoms with Crippen LogP contribution in [-0.4, -0.2) is 16.0 Å². The number of hydrogen-bond acceptors (Lipinski definition) is 5. The van der Waals surface area contributed by atoms with E-state index in [2.05, 4.69) is 15.6 Å². The van der Waals surface area contributed by atoms with Gasteiger partial charge in [0.25, 0.3) is 5.91 Å². The van der Waals surface area contributed by atoms with Gasteiger partial charge in [-0.2, -0.15) is 0 Å². The number of carbonyl (C=O) groups is 1. The third kappa shape index (κ3) is 3.69. The van der Waals surface area contributed by atoms with Crippen LogP contribution in [0.25, 0.3) is 22.6 Å². The van der Waals surface area contributed by atoms with E-state index >= 15 is 0 Å². The fourth-order valence-electron chi connectivity index (χ4n) is 2.49. The minimum atomic E-state index is -0.430. The van der Waals surface area contributed by atoms with Crippen molar-refractivity contribution in [1.29, 1.82) is 0 Å². The van der Waals surface area contributed by atoms with Crippen LogP contribution in [0.3, 0.4) is 0 Å². The van der Waals surface area contributed by atoms with Crippen LogP contribution in [0.15, 0.2) is 69.7 Å². The van der Waals surface area contributed by atoms with Gasteiger partial charge in [-0.1, -0.05) is 23.7 Å². The normalized spacial score (nSPS) is 10.7. The van der Waals surface area contributed by atoms with E-state index < -0.39 is 5.91 Å². The van der Waals surface area contributed by atoms with Crippen molar-refractivity contribution >= 4 is 51.6 Å². The average Bonchev–Trinajstić information content (AvgIpc) is 3.31. The van der Waals surface area contributed by atoms with Crippen LogP contribution >= 0.6 is 23.8 Å². The summed E-state index contributed by atoms with van der Waals surface area (Å²) in [5.74, 6) is 0.179. The molecule has 2 aromatic heterocycles. The SMILES string of the molecule is O=C(NC(=S)Nc1ccc2oc(-c3ccccc3Cl)nc2c1)c1ccco1. The molecule has 8 heteroatoms. The first-order chi connectivity index (χ1) is 13.1. The van der Waals surface area contributed by atoms with E-state index in [4.69, 9.17) is 32.7 Å². The molecule has 6 nitrogen and oxygen atoms in total. The third-order valence-electron chi connectivity index (χ3n) is 3.72. The number of amides is 1. The van der Waals surface area contributed by atoms with Gasteiger partial charge in [0.15, 0.2) is 16.5 Å². The maximum absolute atomic E-state index is 11.9. The van der Waals surface area contributed by atoms with Gasteiger partial charge in [-0.3, -0.25) is 10.1 Å². The van der Waals surface area contributed by atoms with Gasteiger partial charge < -0.3 is 14.2 Å². The fourth-order valence-corrected chi connectivity index (χ4v) is 2.92. The summed E-state index contributed by atoms with van der Waals surface area (Å²) < 4.78 is 10.8. The molecule has 0 aliphatic carbocycles. The number of halogens is 1. The monoisotopic (exact) mass is 397 g/mol. The highest BCUT2D eigenvalue weighted by Crippen LogP contribution is 2.30. The predicted octanol–water partition coefficient (Wildman–Crippen LogP) is 4.87. The van der Waals surface area contributed by atoms with Crippen LogP contribution in [0.2, 0.25) is 5.02 Å². The number of hydrogen-bond donors (Lipinski definition) is 2. The Labute approximate surface area is 164 Å². The molecule has 0 spiro atoms. The Morgan fingerprint density at radius 2 is 1.96 bits per heavy atom. The zero-order valence-corrected chi connectivity index (χ0v) is 15.3. The lowest BCUT2D eigenvalue weighted by molar-refractivity contribution is 0.0950. The van der Waals surface area contributed by atoms with Crippen molar-refractivity contribution in [2.45, 2.75) is 0 Å². The number of rotatable bonds is 3. The molecular formula is C19H12ClN3O3S. The molecule has 0 fully saturated rings. The molecule has 134 valence electrons. The lowest BCUT2D eigenvalue weighted by Crippen LogP contribution is -2.33. The van der Waals surface area contributed by atoms with E-state index in [0.29, 0.717) is 33.3 Å². The van der Waals surface area contributed by atoms with Crippen LogP contribution < -0.4 is 10.6 Å². The number of benzene rings is 2. The Kier molecular flexibility index (Phi) is 4.62. The lowest BCUT2D eigenvalue weighted by Gasteiger charge is -2.08. The summed E-state index contributed by atoms with van der Waals surface area (Å²) in [5.41, 5.74) is 2.62. The van der Waals surface area contributed by atoms with E-state index in [1.165, 1.54) is 6.26 Å². The number of furan rings is 1. The minimum Gasteiger partial charge on any atom is -0.459 e. The topological polar surface area (TPSA) is 80.3 Å². The molecule has 27 heavy (non-hydrogen) atoms. The van der Waals surface area contributed by atoms with Crippen molar-refractivity contribution in [2.75, 3.05) is 5.32 Å². The largest absolute Gasteiger partial charge is 0.459 e. The van der Waals surface area contributed by atoms with Crippen molar-refractivity contribution in [3.63, 3.8) is 0 Å². The first kappa shape index (κ1) is 17.3. The highest BCUT2D eigenvalue weighted by Gasteiger charge is 2.13. The molecule has 2 aromatic carbocycles. The Morgan fingerprint density at radius 1 is 1.11 bits per heavy atom. The first-order valence-corrected chi connectivity index (χ1v) is 8.70. The Bertz CT molecular complexity index is 1140. The number of thiocarbonyl (C=S) groups is 1. The van der Waals surface area contributed by atoms with Gasteiger partial charge in [0.2, 0.25) is 5.89 Å². The molecule has 0 saturated carbocycles. The highest BCUT2D eigenvalue weighted by atomic mass is 35.5. The molecule has 0 aliphatic heterocycles. The summed E-state index contributed by atoms with van der Waals surface area (Å²) in [6, 6.07) is 15.8. The second kappa shape index (κ2) is 7.22. The molecule has 0 saturated heterocycles. The quantitative estimate of drug-likeness (QED) is 0.480. The lowest BCUT2D eigenvalue weighted by atomic mass is 10.2. The summed E-state index contributed by atoms with van der Waals surface area (Å²) in [4.78, 5) is 16.4. The molecule has 0 atom stereocenters. The van der Waals surface area contributed by atoms with Gasteiger partial charge >= 0.3 is 0 Å². The smallest absolute Gasteiger partial charge is 0.293 e. The van der Waals surface area contributed by atoms with Crippen molar-refractivity contribution in [2.24, 2.45) is 0 Å². The summed E-state index contributed by atoms with van der Waals surface area (Å²) in [5, 5.41) is 6.18. The predicted molar refractivity (Wildman–Crippen MR) is 107 cm³/mol. The first-order valence-electron chi connectivity index (χ1n) is 7.91. The third-order valence-corrected chi connectivity index (χ3v) is 4.26. The number of anilines is 1. The highest BCUT2D eigenvalue weighted by molar-refractivity contribution is 7.80. The van der Waals surface area contributed by atoms with E-state index in [-0.39, 0.29) is 10.9 Å². The number of carbonyl (C=O) groups excluding carboxylic acids is 1. The molecule has 0 unspecified atom stereocenters. The van der Waals surface area contributed by atoms with E-state index in [0.717, 1.165) is 0 Å². The molecule has 2 heterocycles. The van der Waals surface area contributed by atoms with Gasteiger partial charge in [-0.15, -0.1) is 0 Å². The molecule has 4 aromatic rings. The fraction of sp³-hybridized carbons (Fsp3) is 0. The number of aromatic nitrogens is 1. The molecule has 0 aliphatic rings. The van der Waals surface area contributed by atoms with Gasteiger partial charge in [0.1, 0.15) is 5.52 Å². The number of oxazole rings is 1. The van der Waals surface area contributed by atoms with E-state index in [1.54, 1.807) is 36.4 Å². The Balaban J connectivity index is 1.52. The maximum Gasteiger partial charge on any atom is 0.293 e. The number of fused-ring (bicyclic) bond motifs is 1. The van der Waals surface area contributed by atoms with Crippen LogP contribution in [0.5, 0.6) is 0 Å². The standard InChI is InChI=1S/C19H12ClN3O3S/c20-13-5-2-1-4-12(13)18-22-14-10-11(7-8-15(14)26-18)21-19(27)23-17(24)16-6-3-9-25-16/h1-10H,(H2,21,23,24,27). The minimum absolute atomic E-state index is 0.144. The van der Waals surface area contributed by atoms with E-state index in [9.17, 15) is 4.79 Å². The number of nitrogens with zero attached hydrogens (tertiary/aromatic N) is 1. The summed E-state index contributed by atoms with van der Waals surface area (Å²) >= 11 is 11.4. The molecule has 2 N–H and O–H groups in total. The molecule has 0 bridgehead atoms. The van der Waals surface area contributed by atoms with E-state index in [1.807, 2.05) is 18.2 Å². The molecular weight excluding hydrogens is 386 g/mol. The van der Waals surface area contributed by atoms with Gasteiger partial charge in [-0.05, 0) is 54.7 Å². The molecule has 0 radical (unpaired) electrons. The summed E-state index contributed by atoms with van der Waals surface area (Å²) in [6.07, 6.45) is 1.42. The van der Waals surface area contributed by atoms with Gasteiger partial charge in [0.05, 0.1) is 16.8 Å². The summed E-state index contributed by atoms with van der Waals surface area (Å²) in [7, 11) is 0. The number of nitrogens with one attached hydrogen (secondary N) is 2. The van der Waals surface area contributed by atoms with Crippen molar-refractivity contribution < 1.29 is 13.6 Å². The van der Waals surface area contributed by atoms with Crippen LogP contribution in [-0.2, 0) is 0 Å². The zero-order valence-electron chi connectivity index (χ0n) is 13.7. The Morgan fingerprint density at radius 3 is 2.74 bits per heavy atom. The second-order valence-electron chi connectivity index (χ2n) is 5.57. The van der Waals surface area contributed by atoms with Crippen LogP contribution in [0.4, 0.5) is 5.69 Å².